The van der Waals surface area contributed by atoms with Crippen molar-refractivity contribution < 1.29 is 9.47 Å². The van der Waals surface area contributed by atoms with E-state index in [1.54, 1.807) is 13.2 Å². The second-order valence-electron chi connectivity index (χ2n) is 5.40. The van der Waals surface area contributed by atoms with Crippen LogP contribution in [0.2, 0.25) is 5.02 Å². The quantitative estimate of drug-likeness (QED) is 0.800. The van der Waals surface area contributed by atoms with Gasteiger partial charge in [0.15, 0.2) is 11.5 Å². The van der Waals surface area contributed by atoms with Crippen LogP contribution in [0, 0.1) is 0 Å². The van der Waals surface area contributed by atoms with Gasteiger partial charge in [0, 0.05) is 35.8 Å². The monoisotopic (exact) mass is 298 g/mol. The lowest BCUT2D eigenvalue weighted by molar-refractivity contribution is 0.248. The summed E-state index contributed by atoms with van der Waals surface area (Å²) in [6.45, 7) is 2.25. The molecule has 0 aliphatic heterocycles. The number of methoxy groups -OCH3 is 1. The molecule has 1 aromatic rings. The van der Waals surface area contributed by atoms with Crippen LogP contribution >= 0.6 is 11.6 Å². The van der Waals surface area contributed by atoms with Gasteiger partial charge in [-0.2, -0.15) is 0 Å². The maximum absolute atomic E-state index is 6.14. The number of hydrogen-bond donors (Lipinski definition) is 1. The van der Waals surface area contributed by atoms with Gasteiger partial charge in [0.1, 0.15) is 6.61 Å². The van der Waals surface area contributed by atoms with Crippen LogP contribution in [0.5, 0.6) is 11.5 Å². The number of hydrogen-bond acceptors (Lipinski definition) is 4. The van der Waals surface area contributed by atoms with Gasteiger partial charge in [0.25, 0.3) is 0 Å². The Labute approximate surface area is 126 Å². The molecule has 0 spiro atoms. The van der Waals surface area contributed by atoms with Crippen molar-refractivity contribution in [1.82, 2.24) is 10.2 Å². The van der Waals surface area contributed by atoms with Crippen LogP contribution in [-0.4, -0.2) is 45.3 Å². The van der Waals surface area contributed by atoms with Crippen LogP contribution in [0.4, 0.5) is 0 Å². The van der Waals surface area contributed by atoms with E-state index in [4.69, 9.17) is 21.1 Å². The molecule has 4 nitrogen and oxygen atoms in total. The summed E-state index contributed by atoms with van der Waals surface area (Å²) in [6.07, 6.45) is 2.52. The Morgan fingerprint density at radius 3 is 2.70 bits per heavy atom. The summed E-state index contributed by atoms with van der Waals surface area (Å²) in [6, 6.07) is 4.40. The standard InChI is InChI=1S/C15H23ClN2O2/c1-18(2)6-7-20-15-11(10-17-13-4-5-13)8-12(16)9-14(15)19-3/h8-9,13,17H,4-7,10H2,1-3H3. The lowest BCUT2D eigenvalue weighted by atomic mass is 10.1. The molecule has 0 radical (unpaired) electrons. The van der Waals surface area contributed by atoms with Gasteiger partial charge >= 0.3 is 0 Å². The zero-order valence-electron chi connectivity index (χ0n) is 12.4. The predicted octanol–water partition coefficient (Wildman–Crippen LogP) is 2.54. The van der Waals surface area contributed by atoms with Crippen molar-refractivity contribution in [1.29, 1.82) is 0 Å². The molecule has 20 heavy (non-hydrogen) atoms. The topological polar surface area (TPSA) is 33.7 Å². The molecule has 0 bridgehead atoms. The first-order valence-electron chi connectivity index (χ1n) is 6.97. The molecule has 1 fully saturated rings. The molecule has 2 rings (SSSR count). The summed E-state index contributed by atoms with van der Waals surface area (Å²) in [5.74, 6) is 1.50. The molecular formula is C15H23ClN2O2. The summed E-state index contributed by atoms with van der Waals surface area (Å²) in [7, 11) is 5.69. The molecule has 0 saturated heterocycles. The average Bonchev–Trinajstić information content (AvgIpc) is 3.21. The number of halogens is 1. The Morgan fingerprint density at radius 1 is 1.35 bits per heavy atom. The van der Waals surface area contributed by atoms with Gasteiger partial charge in [0.05, 0.1) is 7.11 Å². The van der Waals surface area contributed by atoms with Gasteiger partial charge in [-0.05, 0) is 33.0 Å². The molecule has 0 atom stereocenters. The normalized spacial score (nSPS) is 14.7. The zero-order valence-corrected chi connectivity index (χ0v) is 13.2. The van der Waals surface area contributed by atoms with Gasteiger partial charge in [-0.3, -0.25) is 0 Å². The number of benzene rings is 1. The highest BCUT2D eigenvalue weighted by Crippen LogP contribution is 2.35. The van der Waals surface area contributed by atoms with E-state index in [1.807, 2.05) is 20.2 Å². The van der Waals surface area contributed by atoms with E-state index in [-0.39, 0.29) is 0 Å². The van der Waals surface area contributed by atoms with Crippen molar-refractivity contribution in [3.63, 3.8) is 0 Å². The van der Waals surface area contributed by atoms with Crippen molar-refractivity contribution in [3.8, 4) is 11.5 Å². The Bertz CT molecular complexity index is 448. The fourth-order valence-electron chi connectivity index (χ4n) is 1.94. The minimum atomic E-state index is 0.626. The molecule has 1 aliphatic rings. The fourth-order valence-corrected chi connectivity index (χ4v) is 2.17. The van der Waals surface area contributed by atoms with Gasteiger partial charge in [-0.1, -0.05) is 11.6 Å². The maximum atomic E-state index is 6.14. The van der Waals surface area contributed by atoms with Crippen LogP contribution in [0.25, 0.3) is 0 Å². The second-order valence-corrected chi connectivity index (χ2v) is 5.84. The molecule has 0 heterocycles. The van der Waals surface area contributed by atoms with E-state index in [2.05, 4.69) is 10.2 Å². The Balaban J connectivity index is 2.10. The Hall–Kier alpha value is -0.970. The highest BCUT2D eigenvalue weighted by Gasteiger charge is 2.21. The minimum absolute atomic E-state index is 0.626. The van der Waals surface area contributed by atoms with Crippen molar-refractivity contribution in [3.05, 3.63) is 22.7 Å². The molecule has 1 saturated carbocycles. The third-order valence-electron chi connectivity index (χ3n) is 3.26. The van der Waals surface area contributed by atoms with E-state index < -0.39 is 0 Å². The van der Waals surface area contributed by atoms with Crippen molar-refractivity contribution in [2.24, 2.45) is 0 Å². The largest absolute Gasteiger partial charge is 0.493 e. The first-order valence-corrected chi connectivity index (χ1v) is 7.35. The predicted molar refractivity (Wildman–Crippen MR) is 81.9 cm³/mol. The first kappa shape index (κ1) is 15.4. The highest BCUT2D eigenvalue weighted by atomic mass is 35.5. The summed E-state index contributed by atoms with van der Waals surface area (Å²) < 4.78 is 11.3. The number of nitrogens with zero attached hydrogens (tertiary/aromatic N) is 1. The van der Waals surface area contributed by atoms with Gasteiger partial charge in [-0.25, -0.2) is 0 Å². The van der Waals surface area contributed by atoms with E-state index in [1.165, 1.54) is 12.8 Å². The minimum Gasteiger partial charge on any atom is -0.493 e. The number of ether oxygens (including phenoxy) is 2. The molecule has 5 heteroatoms. The lowest BCUT2D eigenvalue weighted by Gasteiger charge is -2.17. The van der Waals surface area contributed by atoms with E-state index in [0.717, 1.165) is 24.4 Å². The lowest BCUT2D eigenvalue weighted by Crippen LogP contribution is -2.21. The van der Waals surface area contributed by atoms with E-state index >= 15 is 0 Å². The zero-order chi connectivity index (χ0) is 14.5. The average molecular weight is 299 g/mol. The van der Waals surface area contributed by atoms with Crippen LogP contribution in [0.1, 0.15) is 18.4 Å². The molecule has 1 aromatic carbocycles. The number of likely N-dealkylation sites (N-methyl/N-ethyl adjacent to an activating group) is 1. The van der Waals surface area contributed by atoms with Gasteiger partial charge in [0.2, 0.25) is 0 Å². The van der Waals surface area contributed by atoms with E-state index in [0.29, 0.717) is 23.4 Å². The Morgan fingerprint density at radius 2 is 2.10 bits per heavy atom. The number of rotatable bonds is 8. The molecular weight excluding hydrogens is 276 g/mol. The van der Waals surface area contributed by atoms with Gasteiger partial charge in [-0.15, -0.1) is 0 Å². The first-order chi connectivity index (χ1) is 9.60. The molecule has 1 N–H and O–H groups in total. The molecule has 0 aromatic heterocycles. The van der Waals surface area contributed by atoms with Crippen LogP contribution < -0.4 is 14.8 Å². The summed E-state index contributed by atoms with van der Waals surface area (Å²) in [5.41, 5.74) is 1.06. The smallest absolute Gasteiger partial charge is 0.165 e. The van der Waals surface area contributed by atoms with Crippen LogP contribution in [-0.2, 0) is 6.54 Å². The third kappa shape index (κ3) is 4.54. The SMILES string of the molecule is COc1cc(Cl)cc(CNC2CC2)c1OCCN(C)C. The third-order valence-corrected chi connectivity index (χ3v) is 3.48. The van der Waals surface area contributed by atoms with Gasteiger partial charge < -0.3 is 19.7 Å². The molecule has 1 aliphatic carbocycles. The van der Waals surface area contributed by atoms with Crippen molar-refractivity contribution in [2.45, 2.75) is 25.4 Å². The second kappa shape index (κ2) is 7.16. The van der Waals surface area contributed by atoms with Crippen molar-refractivity contribution >= 4 is 11.6 Å². The molecule has 0 amide bonds. The summed E-state index contributed by atoms with van der Waals surface area (Å²) in [5, 5.41) is 4.16. The summed E-state index contributed by atoms with van der Waals surface area (Å²) >= 11 is 6.14. The van der Waals surface area contributed by atoms with Crippen molar-refractivity contribution in [2.75, 3.05) is 34.4 Å². The summed E-state index contributed by atoms with van der Waals surface area (Å²) in [4.78, 5) is 2.09. The molecule has 112 valence electrons. The van der Waals surface area contributed by atoms with E-state index in [9.17, 15) is 0 Å². The fraction of sp³-hybridized carbons (Fsp3) is 0.600. The Kier molecular flexibility index (Phi) is 5.52. The van der Waals surface area contributed by atoms with Crippen LogP contribution in [0.3, 0.4) is 0 Å². The number of nitrogens with one attached hydrogen (secondary N) is 1. The molecule has 0 unspecified atom stereocenters. The highest BCUT2D eigenvalue weighted by molar-refractivity contribution is 6.30. The maximum Gasteiger partial charge on any atom is 0.165 e. The van der Waals surface area contributed by atoms with Crippen LogP contribution in [0.15, 0.2) is 12.1 Å².